The molecule has 1 aromatic rings. The smallest absolute Gasteiger partial charge is 0.249 e. The van der Waals surface area contributed by atoms with E-state index in [1.807, 2.05) is 25.1 Å². The fraction of sp³-hybridized carbons (Fsp3) is 0.579. The molecular formula is C19H28N2O5. The van der Waals surface area contributed by atoms with Crippen molar-refractivity contribution in [3.05, 3.63) is 23.8 Å². The van der Waals surface area contributed by atoms with Crippen molar-refractivity contribution < 1.29 is 23.8 Å². The van der Waals surface area contributed by atoms with Crippen LogP contribution in [0.15, 0.2) is 18.2 Å². The zero-order chi connectivity index (χ0) is 18.8. The molecule has 0 unspecified atom stereocenters. The molecule has 7 heteroatoms. The van der Waals surface area contributed by atoms with Gasteiger partial charge in [0.05, 0.1) is 26.3 Å². The molecule has 0 radical (unpaired) electrons. The Morgan fingerprint density at radius 3 is 2.88 bits per heavy atom. The molecule has 2 rings (SSSR count). The second-order valence-electron chi connectivity index (χ2n) is 6.12. The van der Waals surface area contributed by atoms with Gasteiger partial charge in [0, 0.05) is 19.2 Å². The number of carbonyl (C=O) groups is 2. The van der Waals surface area contributed by atoms with E-state index in [1.54, 1.807) is 0 Å². The third-order valence-electron chi connectivity index (χ3n) is 4.07. The van der Waals surface area contributed by atoms with Crippen LogP contribution in [0.3, 0.4) is 0 Å². The molecule has 1 heterocycles. The summed E-state index contributed by atoms with van der Waals surface area (Å²) < 4.78 is 16.6. The molecule has 0 bridgehead atoms. The number of para-hydroxylation sites is 1. The molecule has 1 aromatic carbocycles. The van der Waals surface area contributed by atoms with Crippen LogP contribution in [0.5, 0.6) is 11.5 Å². The van der Waals surface area contributed by atoms with Gasteiger partial charge in [-0.2, -0.15) is 0 Å². The Labute approximate surface area is 154 Å². The number of methoxy groups -OCH3 is 1. The van der Waals surface area contributed by atoms with E-state index < -0.39 is 0 Å². The minimum Gasteiger partial charge on any atom is -0.490 e. The van der Waals surface area contributed by atoms with Gasteiger partial charge in [0.1, 0.15) is 6.61 Å². The topological polar surface area (TPSA) is 77.1 Å². The summed E-state index contributed by atoms with van der Waals surface area (Å²) in [6, 6.07) is 5.61. The van der Waals surface area contributed by atoms with Gasteiger partial charge in [0.2, 0.25) is 11.8 Å². The van der Waals surface area contributed by atoms with Gasteiger partial charge in [-0.05, 0) is 32.3 Å². The number of carbonyl (C=O) groups excluding carboxylic acids is 2. The number of amides is 2. The van der Waals surface area contributed by atoms with Crippen LogP contribution in [0.25, 0.3) is 0 Å². The largest absolute Gasteiger partial charge is 0.490 e. The molecule has 0 spiro atoms. The summed E-state index contributed by atoms with van der Waals surface area (Å²) in [5, 5.41) is 2.86. The van der Waals surface area contributed by atoms with E-state index in [9.17, 15) is 9.59 Å². The number of benzene rings is 1. The first-order valence-corrected chi connectivity index (χ1v) is 9.06. The fourth-order valence-electron chi connectivity index (χ4n) is 2.81. The van der Waals surface area contributed by atoms with E-state index in [0.29, 0.717) is 31.3 Å². The van der Waals surface area contributed by atoms with Gasteiger partial charge in [-0.1, -0.05) is 12.1 Å². The summed E-state index contributed by atoms with van der Waals surface area (Å²) in [4.78, 5) is 26.1. The molecular weight excluding hydrogens is 336 g/mol. The van der Waals surface area contributed by atoms with Gasteiger partial charge in [0.25, 0.3) is 0 Å². The van der Waals surface area contributed by atoms with Crippen molar-refractivity contribution in [1.29, 1.82) is 0 Å². The first kappa shape index (κ1) is 20.0. The van der Waals surface area contributed by atoms with Gasteiger partial charge < -0.3 is 24.4 Å². The fourth-order valence-corrected chi connectivity index (χ4v) is 2.81. The molecule has 144 valence electrons. The van der Waals surface area contributed by atoms with Gasteiger partial charge in [-0.15, -0.1) is 0 Å². The maximum Gasteiger partial charge on any atom is 0.249 e. The predicted octanol–water partition coefficient (Wildman–Crippen LogP) is 1.74. The second kappa shape index (κ2) is 10.7. The van der Waals surface area contributed by atoms with Crippen LogP contribution in [-0.4, -0.2) is 56.7 Å². The monoisotopic (exact) mass is 364 g/mol. The van der Waals surface area contributed by atoms with E-state index in [-0.39, 0.29) is 31.5 Å². The Bertz CT molecular complexity index is 606. The third kappa shape index (κ3) is 5.91. The normalized spacial score (nSPS) is 16.2. The lowest BCUT2D eigenvalue weighted by molar-refractivity contribution is -0.139. The predicted molar refractivity (Wildman–Crippen MR) is 97.3 cm³/mol. The number of nitrogens with one attached hydrogen (secondary N) is 1. The minimum absolute atomic E-state index is 0.0134. The van der Waals surface area contributed by atoms with Crippen LogP contribution >= 0.6 is 0 Å². The second-order valence-corrected chi connectivity index (χ2v) is 6.12. The Morgan fingerprint density at radius 2 is 2.12 bits per heavy atom. The number of hydrogen-bond donors (Lipinski definition) is 1. The molecule has 1 aliphatic rings. The van der Waals surface area contributed by atoms with Crippen LogP contribution in [0.1, 0.15) is 31.7 Å². The van der Waals surface area contributed by atoms with Gasteiger partial charge in [-0.25, -0.2) is 0 Å². The van der Waals surface area contributed by atoms with Crippen molar-refractivity contribution in [3.63, 3.8) is 0 Å². The Hall–Kier alpha value is -2.28. The average Bonchev–Trinajstić information content (AvgIpc) is 2.63. The zero-order valence-electron chi connectivity index (χ0n) is 15.6. The summed E-state index contributed by atoms with van der Waals surface area (Å²) >= 11 is 0. The summed E-state index contributed by atoms with van der Waals surface area (Å²) in [5.41, 5.74) is 0.812. The maximum atomic E-state index is 12.4. The molecule has 0 aliphatic carbocycles. The summed E-state index contributed by atoms with van der Waals surface area (Å²) in [5.74, 6) is 0.884. The van der Waals surface area contributed by atoms with Crippen LogP contribution in [-0.2, 0) is 20.9 Å². The molecule has 26 heavy (non-hydrogen) atoms. The molecule has 2 amide bonds. The van der Waals surface area contributed by atoms with Crippen LogP contribution < -0.4 is 14.8 Å². The number of nitrogens with zero attached hydrogens (tertiary/aromatic N) is 1. The highest BCUT2D eigenvalue weighted by Crippen LogP contribution is 2.32. The molecule has 1 aliphatic heterocycles. The van der Waals surface area contributed by atoms with E-state index in [4.69, 9.17) is 14.2 Å². The van der Waals surface area contributed by atoms with Gasteiger partial charge >= 0.3 is 0 Å². The van der Waals surface area contributed by atoms with E-state index in [2.05, 4.69) is 5.32 Å². The third-order valence-corrected chi connectivity index (χ3v) is 4.07. The lowest BCUT2D eigenvalue weighted by atomic mass is 10.1. The highest BCUT2D eigenvalue weighted by atomic mass is 16.5. The SMILES string of the molecule is CCOc1cccc2c1OCCCCCNC(=O)CN(C(=O)COC)C2. The van der Waals surface area contributed by atoms with Crippen LogP contribution in [0.4, 0.5) is 0 Å². The standard InChI is InChI=1S/C19H28N2O5/c1-3-25-16-9-7-8-15-12-21(18(23)14-24-2)13-17(22)20-10-5-4-6-11-26-19(15)16/h7-9H,3-6,10-14H2,1-2H3,(H,20,22). The number of rotatable bonds is 4. The lowest BCUT2D eigenvalue weighted by Gasteiger charge is -2.24. The average molecular weight is 364 g/mol. The van der Waals surface area contributed by atoms with E-state index in [1.165, 1.54) is 12.0 Å². The summed E-state index contributed by atoms with van der Waals surface area (Å²) in [6.07, 6.45) is 2.72. The maximum absolute atomic E-state index is 12.4. The minimum atomic E-state index is -0.245. The quantitative estimate of drug-likeness (QED) is 0.881. The molecule has 1 N–H and O–H groups in total. The summed E-state index contributed by atoms with van der Waals surface area (Å²) in [7, 11) is 1.46. The first-order chi connectivity index (χ1) is 12.7. The highest BCUT2D eigenvalue weighted by Gasteiger charge is 2.21. The Balaban J connectivity index is 2.31. The molecule has 0 aromatic heterocycles. The van der Waals surface area contributed by atoms with Crippen molar-refractivity contribution in [1.82, 2.24) is 10.2 Å². The number of hydrogen-bond acceptors (Lipinski definition) is 5. The lowest BCUT2D eigenvalue weighted by Crippen LogP contribution is -2.42. The highest BCUT2D eigenvalue weighted by molar-refractivity contribution is 5.85. The van der Waals surface area contributed by atoms with Gasteiger partial charge in [0.15, 0.2) is 11.5 Å². The summed E-state index contributed by atoms with van der Waals surface area (Å²) in [6.45, 7) is 3.77. The Kier molecular flexibility index (Phi) is 8.21. The molecule has 0 fully saturated rings. The zero-order valence-corrected chi connectivity index (χ0v) is 15.6. The molecule has 7 nitrogen and oxygen atoms in total. The molecule has 0 atom stereocenters. The van der Waals surface area contributed by atoms with Crippen molar-refractivity contribution in [3.8, 4) is 11.5 Å². The molecule has 0 saturated heterocycles. The Morgan fingerprint density at radius 1 is 1.27 bits per heavy atom. The van der Waals surface area contributed by atoms with Crippen molar-refractivity contribution in [2.75, 3.05) is 40.0 Å². The van der Waals surface area contributed by atoms with Crippen LogP contribution in [0.2, 0.25) is 0 Å². The van der Waals surface area contributed by atoms with Gasteiger partial charge in [-0.3, -0.25) is 9.59 Å². The number of ether oxygens (including phenoxy) is 3. The van der Waals surface area contributed by atoms with E-state index >= 15 is 0 Å². The van der Waals surface area contributed by atoms with E-state index in [0.717, 1.165) is 24.8 Å². The van der Waals surface area contributed by atoms with Crippen molar-refractivity contribution >= 4 is 11.8 Å². The number of fused-ring (bicyclic) bond motifs is 1. The van der Waals surface area contributed by atoms with Crippen LogP contribution in [0, 0.1) is 0 Å². The first-order valence-electron chi connectivity index (χ1n) is 9.06. The molecule has 0 saturated carbocycles. The van der Waals surface area contributed by atoms with Crippen molar-refractivity contribution in [2.24, 2.45) is 0 Å². The van der Waals surface area contributed by atoms with Crippen molar-refractivity contribution in [2.45, 2.75) is 32.7 Å².